The lowest BCUT2D eigenvalue weighted by molar-refractivity contribution is 0.170. The van der Waals surface area contributed by atoms with E-state index in [1.165, 1.54) is 44.2 Å². The summed E-state index contributed by atoms with van der Waals surface area (Å²) in [6, 6.07) is 1.31. The summed E-state index contributed by atoms with van der Waals surface area (Å²) in [6.07, 6.45) is 9.94. The number of nitrogens with one attached hydrogen (secondary N) is 1. The van der Waals surface area contributed by atoms with Crippen LogP contribution in [0.2, 0.25) is 0 Å². The Balaban J connectivity index is 1.69. The van der Waals surface area contributed by atoms with Crippen molar-refractivity contribution in [3.63, 3.8) is 0 Å². The third kappa shape index (κ3) is 2.20. The Kier molecular flexibility index (Phi) is 3.42. The molecule has 0 aromatic carbocycles. The smallest absolute Gasteiger partial charge is 0.0954 e. The van der Waals surface area contributed by atoms with Crippen LogP contribution in [-0.2, 0) is 12.8 Å². The van der Waals surface area contributed by atoms with Crippen molar-refractivity contribution < 1.29 is 0 Å². The molecule has 100 valence electrons. The lowest BCUT2D eigenvalue weighted by Crippen LogP contribution is -2.39. The number of hydrogen-bond donors (Lipinski definition) is 1. The van der Waals surface area contributed by atoms with Gasteiger partial charge in [-0.3, -0.25) is 0 Å². The highest BCUT2D eigenvalue weighted by Crippen LogP contribution is 2.40. The third-order valence-corrected chi connectivity index (χ3v) is 4.58. The topological polar surface area (TPSA) is 29.9 Å². The van der Waals surface area contributed by atoms with E-state index in [4.69, 9.17) is 0 Å². The lowest BCUT2D eigenvalue weighted by Gasteiger charge is -2.39. The zero-order chi connectivity index (χ0) is 12.5. The van der Waals surface area contributed by atoms with Crippen LogP contribution >= 0.6 is 0 Å². The van der Waals surface area contributed by atoms with Crippen LogP contribution in [-0.4, -0.2) is 22.1 Å². The second-order valence-electron chi connectivity index (χ2n) is 6.22. The largest absolute Gasteiger partial charge is 0.331 e. The fraction of sp³-hybridized carbons (Fsp3) is 0.800. The van der Waals surface area contributed by atoms with E-state index in [9.17, 15) is 0 Å². The first kappa shape index (κ1) is 12.2. The van der Waals surface area contributed by atoms with E-state index in [-0.39, 0.29) is 0 Å². The van der Waals surface area contributed by atoms with E-state index in [0.29, 0.717) is 12.1 Å². The summed E-state index contributed by atoms with van der Waals surface area (Å²) in [7, 11) is 0. The van der Waals surface area contributed by atoms with Gasteiger partial charge in [0.1, 0.15) is 0 Å². The molecule has 2 aliphatic rings. The van der Waals surface area contributed by atoms with Gasteiger partial charge < -0.3 is 9.88 Å². The molecule has 0 amide bonds. The third-order valence-electron chi connectivity index (χ3n) is 4.58. The molecular formula is C15H25N3. The molecule has 0 radical (unpaired) electrons. The van der Waals surface area contributed by atoms with Crippen LogP contribution in [0.15, 0.2) is 6.33 Å². The molecule has 3 rings (SSSR count). The summed E-state index contributed by atoms with van der Waals surface area (Å²) >= 11 is 0. The van der Waals surface area contributed by atoms with Crippen LogP contribution in [0.1, 0.15) is 57.0 Å². The monoisotopic (exact) mass is 247 g/mol. The van der Waals surface area contributed by atoms with E-state index in [0.717, 1.165) is 12.5 Å². The molecule has 0 bridgehead atoms. The molecule has 1 aromatic heterocycles. The van der Waals surface area contributed by atoms with E-state index >= 15 is 0 Å². The number of imidazole rings is 1. The molecule has 1 fully saturated rings. The average Bonchev–Trinajstić information content (AvgIpc) is 2.72. The number of fused-ring (bicyclic) bond motifs is 1. The molecule has 1 heterocycles. The summed E-state index contributed by atoms with van der Waals surface area (Å²) in [6.45, 7) is 5.62. The van der Waals surface area contributed by atoms with Crippen LogP contribution in [0.5, 0.6) is 0 Å². The molecule has 0 spiro atoms. The maximum atomic E-state index is 4.63. The SMILES string of the molecule is CC(C)NCC1CCC1n1cnc2c1CCCC2. The van der Waals surface area contributed by atoms with Crippen molar-refractivity contribution in [2.24, 2.45) is 5.92 Å². The normalized spacial score (nSPS) is 27.1. The second kappa shape index (κ2) is 5.04. The minimum absolute atomic E-state index is 0.600. The van der Waals surface area contributed by atoms with Crippen LogP contribution in [0, 0.1) is 5.92 Å². The highest BCUT2D eigenvalue weighted by molar-refractivity contribution is 5.18. The average molecular weight is 247 g/mol. The van der Waals surface area contributed by atoms with Crippen molar-refractivity contribution in [3.8, 4) is 0 Å². The van der Waals surface area contributed by atoms with Crippen molar-refractivity contribution in [2.45, 2.75) is 64.5 Å². The molecule has 2 aliphatic carbocycles. The summed E-state index contributed by atoms with van der Waals surface area (Å²) in [4.78, 5) is 4.63. The van der Waals surface area contributed by atoms with Crippen molar-refractivity contribution in [2.75, 3.05) is 6.54 Å². The maximum absolute atomic E-state index is 4.63. The predicted octanol–water partition coefficient (Wildman–Crippen LogP) is 2.71. The van der Waals surface area contributed by atoms with Crippen LogP contribution < -0.4 is 5.32 Å². The molecule has 18 heavy (non-hydrogen) atoms. The van der Waals surface area contributed by atoms with E-state index in [2.05, 4.69) is 35.0 Å². The summed E-state index contributed by atoms with van der Waals surface area (Å²) in [5, 5.41) is 3.59. The summed E-state index contributed by atoms with van der Waals surface area (Å²) < 4.78 is 2.50. The van der Waals surface area contributed by atoms with Gasteiger partial charge in [0.05, 0.1) is 12.0 Å². The Labute approximate surface area is 110 Å². The van der Waals surface area contributed by atoms with Crippen LogP contribution in [0.3, 0.4) is 0 Å². The zero-order valence-electron chi connectivity index (χ0n) is 11.7. The van der Waals surface area contributed by atoms with Gasteiger partial charge in [-0.25, -0.2) is 4.98 Å². The minimum Gasteiger partial charge on any atom is -0.331 e. The first-order valence-electron chi connectivity index (χ1n) is 7.53. The minimum atomic E-state index is 0.600. The van der Waals surface area contributed by atoms with Gasteiger partial charge >= 0.3 is 0 Å². The molecule has 0 aliphatic heterocycles. The number of aryl methyl sites for hydroxylation is 1. The fourth-order valence-electron chi connectivity index (χ4n) is 3.32. The Morgan fingerprint density at radius 2 is 2.17 bits per heavy atom. The molecule has 2 atom stereocenters. The van der Waals surface area contributed by atoms with Crippen molar-refractivity contribution >= 4 is 0 Å². The Morgan fingerprint density at radius 1 is 1.33 bits per heavy atom. The number of hydrogen-bond acceptors (Lipinski definition) is 2. The van der Waals surface area contributed by atoms with Crippen LogP contribution in [0.4, 0.5) is 0 Å². The summed E-state index contributed by atoms with van der Waals surface area (Å²) in [5.74, 6) is 0.813. The Bertz CT molecular complexity index is 408. The summed E-state index contributed by atoms with van der Waals surface area (Å²) in [5.41, 5.74) is 2.92. The Morgan fingerprint density at radius 3 is 2.89 bits per heavy atom. The van der Waals surface area contributed by atoms with Crippen molar-refractivity contribution in [1.29, 1.82) is 0 Å². The molecule has 1 N–H and O–H groups in total. The fourth-order valence-corrected chi connectivity index (χ4v) is 3.32. The van der Waals surface area contributed by atoms with E-state index < -0.39 is 0 Å². The molecule has 2 unspecified atom stereocenters. The first-order valence-corrected chi connectivity index (χ1v) is 7.53. The van der Waals surface area contributed by atoms with Gasteiger partial charge in [0.2, 0.25) is 0 Å². The van der Waals surface area contributed by atoms with Gasteiger partial charge in [-0.2, -0.15) is 0 Å². The zero-order valence-corrected chi connectivity index (χ0v) is 11.7. The van der Waals surface area contributed by atoms with Gasteiger partial charge in [0.25, 0.3) is 0 Å². The molecular weight excluding hydrogens is 222 g/mol. The van der Waals surface area contributed by atoms with Gasteiger partial charge in [-0.15, -0.1) is 0 Å². The van der Waals surface area contributed by atoms with E-state index in [1.807, 2.05) is 0 Å². The second-order valence-corrected chi connectivity index (χ2v) is 6.22. The lowest BCUT2D eigenvalue weighted by atomic mass is 9.78. The van der Waals surface area contributed by atoms with Gasteiger partial charge in [-0.1, -0.05) is 13.8 Å². The number of aromatic nitrogens is 2. The molecule has 3 heteroatoms. The van der Waals surface area contributed by atoms with Crippen molar-refractivity contribution in [1.82, 2.24) is 14.9 Å². The first-order chi connectivity index (χ1) is 8.75. The Hall–Kier alpha value is -0.830. The quantitative estimate of drug-likeness (QED) is 0.886. The highest BCUT2D eigenvalue weighted by Gasteiger charge is 2.34. The van der Waals surface area contributed by atoms with Crippen molar-refractivity contribution in [3.05, 3.63) is 17.7 Å². The maximum Gasteiger partial charge on any atom is 0.0954 e. The standard InChI is InChI=1S/C15H25N3/c1-11(2)16-9-12-7-8-14(12)18-10-17-13-5-3-4-6-15(13)18/h10-12,14,16H,3-9H2,1-2H3. The molecule has 1 aromatic rings. The molecule has 1 saturated carbocycles. The molecule has 3 nitrogen and oxygen atoms in total. The highest BCUT2D eigenvalue weighted by atomic mass is 15.1. The van der Waals surface area contributed by atoms with Gasteiger partial charge in [0.15, 0.2) is 0 Å². The number of nitrogens with zero attached hydrogens (tertiary/aromatic N) is 2. The van der Waals surface area contributed by atoms with E-state index in [1.54, 1.807) is 5.69 Å². The number of rotatable bonds is 4. The predicted molar refractivity (Wildman–Crippen MR) is 73.8 cm³/mol. The van der Waals surface area contributed by atoms with Gasteiger partial charge in [-0.05, 0) is 44.4 Å². The molecule has 0 saturated heterocycles. The van der Waals surface area contributed by atoms with Gasteiger partial charge in [0, 0.05) is 24.3 Å². The van der Waals surface area contributed by atoms with Crippen LogP contribution in [0.25, 0.3) is 0 Å².